The number of amides is 2. The van der Waals surface area contributed by atoms with Gasteiger partial charge in [0.2, 0.25) is 0 Å². The molecule has 1 heterocycles. The Hall–Kier alpha value is -2.72. The van der Waals surface area contributed by atoms with E-state index in [1.165, 1.54) is 4.90 Å². The van der Waals surface area contributed by atoms with Crippen molar-refractivity contribution >= 4 is 33.4 Å². The van der Waals surface area contributed by atoms with E-state index in [9.17, 15) is 14.7 Å². The molecule has 0 saturated heterocycles. The van der Waals surface area contributed by atoms with Crippen LogP contribution in [0, 0.1) is 0 Å². The first-order valence-corrected chi connectivity index (χ1v) is 7.56. The molecule has 2 amide bonds. The Morgan fingerprint density at radius 1 is 1.00 bits per heavy atom. The fourth-order valence-corrected chi connectivity index (χ4v) is 3.35. The number of imide groups is 1. The highest BCUT2D eigenvalue weighted by Gasteiger charge is 2.36. The molecule has 1 aliphatic rings. The molecule has 0 fully saturated rings. The van der Waals surface area contributed by atoms with Gasteiger partial charge >= 0.3 is 0 Å². The molecule has 0 spiro atoms. The lowest BCUT2D eigenvalue weighted by Gasteiger charge is -2.31. The van der Waals surface area contributed by atoms with E-state index >= 15 is 0 Å². The minimum absolute atomic E-state index is 0.256. The van der Waals surface area contributed by atoms with Crippen molar-refractivity contribution in [3.8, 4) is 0 Å². The molecule has 4 nitrogen and oxygen atoms in total. The summed E-state index contributed by atoms with van der Waals surface area (Å²) in [6.45, 7) is 1.42. The zero-order valence-corrected chi connectivity index (χ0v) is 12.6. The average Bonchev–Trinajstić information content (AvgIpc) is 2.57. The van der Waals surface area contributed by atoms with Crippen molar-refractivity contribution in [2.24, 2.45) is 0 Å². The van der Waals surface area contributed by atoms with Crippen LogP contribution in [0.1, 0.15) is 27.6 Å². The van der Waals surface area contributed by atoms with E-state index in [2.05, 4.69) is 0 Å². The van der Waals surface area contributed by atoms with Crippen LogP contribution in [-0.4, -0.2) is 34.5 Å². The number of carbonyl (C=O) groups is 2. The number of aliphatic hydroxyl groups is 1. The van der Waals surface area contributed by atoms with E-state index in [4.69, 9.17) is 0 Å². The lowest BCUT2D eigenvalue weighted by molar-refractivity contribution is 0.0493. The fourth-order valence-electron chi connectivity index (χ4n) is 3.35. The van der Waals surface area contributed by atoms with Gasteiger partial charge in [0.1, 0.15) is 0 Å². The van der Waals surface area contributed by atoms with Crippen molar-refractivity contribution in [3.63, 3.8) is 0 Å². The van der Waals surface area contributed by atoms with Gasteiger partial charge in [-0.05, 0) is 35.2 Å². The smallest absolute Gasteiger partial charge is 0.262 e. The molecular formula is C19H15NO3. The maximum Gasteiger partial charge on any atom is 0.262 e. The van der Waals surface area contributed by atoms with Crippen LogP contribution in [0.15, 0.2) is 48.5 Å². The third-order valence-corrected chi connectivity index (χ3v) is 4.47. The molecule has 3 aromatic carbocycles. The monoisotopic (exact) mass is 305 g/mol. The van der Waals surface area contributed by atoms with Crippen LogP contribution in [0.2, 0.25) is 0 Å². The number of hydrogen-bond acceptors (Lipinski definition) is 3. The molecule has 3 aromatic rings. The molecule has 114 valence electrons. The molecule has 1 atom stereocenters. The molecule has 0 radical (unpaired) electrons. The molecule has 0 bridgehead atoms. The SMILES string of the molecule is C[C@H](CO)N1C(=O)c2cccc3cc4ccccc4c(c23)C1=O. The molecule has 4 heteroatoms. The van der Waals surface area contributed by atoms with Crippen molar-refractivity contribution in [3.05, 3.63) is 59.7 Å². The highest BCUT2D eigenvalue weighted by molar-refractivity contribution is 6.30. The summed E-state index contributed by atoms with van der Waals surface area (Å²) in [7, 11) is 0. The third-order valence-electron chi connectivity index (χ3n) is 4.47. The van der Waals surface area contributed by atoms with Gasteiger partial charge in [-0.3, -0.25) is 14.5 Å². The molecule has 0 saturated carbocycles. The maximum absolute atomic E-state index is 13.0. The molecule has 1 N–H and O–H groups in total. The molecule has 0 aromatic heterocycles. The Labute approximate surface area is 132 Å². The number of carbonyl (C=O) groups excluding carboxylic acids is 2. The van der Waals surface area contributed by atoms with Crippen molar-refractivity contribution in [1.29, 1.82) is 0 Å². The largest absolute Gasteiger partial charge is 0.394 e. The molecular weight excluding hydrogens is 290 g/mol. The van der Waals surface area contributed by atoms with Crippen LogP contribution in [0.3, 0.4) is 0 Å². The zero-order valence-electron chi connectivity index (χ0n) is 12.6. The van der Waals surface area contributed by atoms with E-state index in [1.54, 1.807) is 13.0 Å². The van der Waals surface area contributed by atoms with Gasteiger partial charge in [0.25, 0.3) is 11.8 Å². The van der Waals surface area contributed by atoms with Crippen LogP contribution in [-0.2, 0) is 0 Å². The first kappa shape index (κ1) is 13.9. The second-order valence-electron chi connectivity index (χ2n) is 5.89. The van der Waals surface area contributed by atoms with E-state index < -0.39 is 6.04 Å². The fraction of sp³-hybridized carbons (Fsp3) is 0.158. The second kappa shape index (κ2) is 4.89. The first-order chi connectivity index (χ1) is 11.1. The molecule has 0 aliphatic carbocycles. The third kappa shape index (κ3) is 1.82. The lowest BCUT2D eigenvalue weighted by atomic mass is 9.89. The van der Waals surface area contributed by atoms with Crippen LogP contribution in [0.4, 0.5) is 0 Å². The van der Waals surface area contributed by atoms with Crippen molar-refractivity contribution < 1.29 is 14.7 Å². The van der Waals surface area contributed by atoms with Gasteiger partial charge in [0, 0.05) is 10.9 Å². The van der Waals surface area contributed by atoms with Gasteiger partial charge in [-0.2, -0.15) is 0 Å². The van der Waals surface area contributed by atoms with Crippen LogP contribution >= 0.6 is 0 Å². The van der Waals surface area contributed by atoms with Gasteiger partial charge in [-0.15, -0.1) is 0 Å². The molecule has 0 unspecified atom stereocenters. The standard InChI is InChI=1S/C19H15NO3/c1-11(10-21)20-18(22)15-8-4-6-13-9-12-5-2-3-7-14(12)17(16(13)15)19(20)23/h2-9,11,21H,10H2,1H3/t11-/m1/s1. The second-order valence-corrected chi connectivity index (χ2v) is 5.89. The summed E-state index contributed by atoms with van der Waals surface area (Å²) in [4.78, 5) is 26.9. The average molecular weight is 305 g/mol. The van der Waals surface area contributed by atoms with E-state index in [0.717, 1.165) is 16.2 Å². The van der Waals surface area contributed by atoms with E-state index in [1.807, 2.05) is 42.5 Å². The number of fused-ring (bicyclic) bond motifs is 2. The summed E-state index contributed by atoms with van der Waals surface area (Å²) >= 11 is 0. The topological polar surface area (TPSA) is 57.6 Å². The highest BCUT2D eigenvalue weighted by Crippen LogP contribution is 2.36. The predicted molar refractivity (Wildman–Crippen MR) is 88.5 cm³/mol. The Kier molecular flexibility index (Phi) is 2.96. The highest BCUT2D eigenvalue weighted by atomic mass is 16.3. The van der Waals surface area contributed by atoms with Crippen molar-refractivity contribution in [1.82, 2.24) is 4.90 Å². The normalized spacial score (nSPS) is 15.5. The van der Waals surface area contributed by atoms with Crippen molar-refractivity contribution in [2.75, 3.05) is 6.61 Å². The van der Waals surface area contributed by atoms with Crippen LogP contribution < -0.4 is 0 Å². The minimum atomic E-state index is -0.558. The van der Waals surface area contributed by atoms with Crippen molar-refractivity contribution in [2.45, 2.75) is 13.0 Å². The van der Waals surface area contributed by atoms with Crippen LogP contribution in [0.25, 0.3) is 21.5 Å². The Balaban J connectivity index is 2.17. The van der Waals surface area contributed by atoms with E-state index in [0.29, 0.717) is 16.5 Å². The summed E-state index contributed by atoms with van der Waals surface area (Å²) in [5.74, 6) is -0.679. The van der Waals surface area contributed by atoms with Crippen LogP contribution in [0.5, 0.6) is 0 Å². The summed E-state index contributed by atoms with van der Waals surface area (Å²) in [6, 6.07) is 14.6. The lowest BCUT2D eigenvalue weighted by Crippen LogP contribution is -2.47. The number of aliphatic hydroxyl groups excluding tert-OH is 1. The predicted octanol–water partition coefficient (Wildman–Crippen LogP) is 2.97. The first-order valence-electron chi connectivity index (χ1n) is 7.56. The molecule has 4 rings (SSSR count). The Morgan fingerprint density at radius 3 is 2.52 bits per heavy atom. The van der Waals surface area contributed by atoms with Gasteiger partial charge in [-0.25, -0.2) is 0 Å². The minimum Gasteiger partial charge on any atom is -0.394 e. The Morgan fingerprint density at radius 2 is 1.74 bits per heavy atom. The number of rotatable bonds is 2. The summed E-state index contributed by atoms with van der Waals surface area (Å²) < 4.78 is 0. The number of nitrogens with zero attached hydrogens (tertiary/aromatic N) is 1. The maximum atomic E-state index is 13.0. The molecule has 1 aliphatic heterocycles. The summed E-state index contributed by atoms with van der Waals surface area (Å²) in [6.07, 6.45) is 0. The van der Waals surface area contributed by atoms with Gasteiger partial charge in [-0.1, -0.05) is 36.4 Å². The quantitative estimate of drug-likeness (QED) is 0.585. The number of benzene rings is 3. The van der Waals surface area contributed by atoms with Gasteiger partial charge in [0.15, 0.2) is 0 Å². The Bertz CT molecular complexity index is 977. The van der Waals surface area contributed by atoms with E-state index in [-0.39, 0.29) is 18.4 Å². The molecule has 23 heavy (non-hydrogen) atoms. The summed E-state index contributed by atoms with van der Waals surface area (Å²) in [5.41, 5.74) is 1.07. The zero-order chi connectivity index (χ0) is 16.1. The number of hydrogen-bond donors (Lipinski definition) is 1. The summed E-state index contributed by atoms with van der Waals surface area (Å²) in [5, 5.41) is 12.8. The van der Waals surface area contributed by atoms with Gasteiger partial charge < -0.3 is 5.11 Å². The van der Waals surface area contributed by atoms with Gasteiger partial charge in [0.05, 0.1) is 18.2 Å².